The summed E-state index contributed by atoms with van der Waals surface area (Å²) in [6, 6.07) is 10.6. The Morgan fingerprint density at radius 3 is 2.66 bits per heavy atom. The van der Waals surface area contributed by atoms with Crippen molar-refractivity contribution in [2.45, 2.75) is 33.5 Å². The molecule has 38 heavy (non-hydrogen) atoms. The summed E-state index contributed by atoms with van der Waals surface area (Å²) in [5.74, 6) is 1.18. The van der Waals surface area contributed by atoms with Gasteiger partial charge in [-0.05, 0) is 48.2 Å². The van der Waals surface area contributed by atoms with Crippen molar-refractivity contribution in [3.05, 3.63) is 97.9 Å². The van der Waals surface area contributed by atoms with Gasteiger partial charge in [-0.3, -0.25) is 9.51 Å². The smallest absolute Gasteiger partial charge is 0.439 e. The number of nitrogens with zero attached hydrogens (tertiary/aromatic N) is 4. The van der Waals surface area contributed by atoms with Crippen LogP contribution < -0.4 is 15.4 Å². The second kappa shape index (κ2) is 10.2. The number of halogens is 1. The molecule has 0 aliphatic carbocycles. The maximum Gasteiger partial charge on any atom is 0.439 e. The molecule has 0 amide bonds. The molecular weight excluding hydrogens is 489 g/mol. The molecule has 0 fully saturated rings. The van der Waals surface area contributed by atoms with Crippen molar-refractivity contribution < 1.29 is 18.4 Å². The fourth-order valence-electron chi connectivity index (χ4n) is 4.81. The molecule has 0 radical (unpaired) electrons. The minimum absolute atomic E-state index is 0.238. The zero-order valence-corrected chi connectivity index (χ0v) is 21.9. The van der Waals surface area contributed by atoms with Crippen molar-refractivity contribution in [1.29, 1.82) is 0 Å². The molecule has 9 nitrogen and oxygen atoms in total. The van der Waals surface area contributed by atoms with Crippen LogP contribution in [0.25, 0.3) is 11.1 Å². The molecule has 5 rings (SSSR count). The van der Waals surface area contributed by atoms with Crippen LogP contribution in [0.1, 0.15) is 52.1 Å². The van der Waals surface area contributed by atoms with Crippen LogP contribution in [-0.4, -0.2) is 41.3 Å². The Morgan fingerprint density at radius 1 is 1.16 bits per heavy atom. The highest BCUT2D eigenvalue weighted by molar-refractivity contribution is 5.99. The second-order valence-corrected chi connectivity index (χ2v) is 9.39. The first kappa shape index (κ1) is 25.3. The highest BCUT2D eigenvalue weighted by Gasteiger charge is 2.24. The molecule has 1 aliphatic rings. The molecule has 4 aromatic rings. The number of nitrogens with one attached hydrogen (secondary N) is 1. The monoisotopic (exact) mass is 517 g/mol. The SMILES string of the molecule is COCc1nc(C)nc(N(C)C)c1Cc1ccc2c(c1)COc1cc(F)ccc1/C2=C(/C)c1noc(=O)[nH]1. The predicted octanol–water partition coefficient (Wildman–Crippen LogP) is 4.28. The molecular formula is C28H28FN5O4. The molecule has 1 N–H and O–H groups in total. The van der Waals surface area contributed by atoms with Crippen molar-refractivity contribution >= 4 is 17.0 Å². The number of H-pyrrole nitrogens is 1. The topological polar surface area (TPSA) is 106 Å². The quantitative estimate of drug-likeness (QED) is 0.404. The Balaban J connectivity index is 1.64. The highest BCUT2D eigenvalue weighted by atomic mass is 19.1. The predicted molar refractivity (Wildman–Crippen MR) is 141 cm³/mol. The summed E-state index contributed by atoms with van der Waals surface area (Å²) in [4.78, 5) is 25.6. The number of aromatic amines is 1. The van der Waals surface area contributed by atoms with E-state index in [9.17, 15) is 9.18 Å². The van der Waals surface area contributed by atoms with Gasteiger partial charge in [0, 0.05) is 50.4 Å². The summed E-state index contributed by atoms with van der Waals surface area (Å²) >= 11 is 0. The van der Waals surface area contributed by atoms with Crippen molar-refractivity contribution in [2.75, 3.05) is 26.1 Å². The van der Waals surface area contributed by atoms with E-state index in [-0.39, 0.29) is 6.61 Å². The van der Waals surface area contributed by atoms with E-state index in [1.165, 1.54) is 12.1 Å². The lowest BCUT2D eigenvalue weighted by molar-refractivity contribution is 0.180. The third-order valence-electron chi connectivity index (χ3n) is 6.47. The van der Waals surface area contributed by atoms with Crippen molar-refractivity contribution in [2.24, 2.45) is 0 Å². The summed E-state index contributed by atoms with van der Waals surface area (Å²) in [5, 5.41) is 3.87. The number of methoxy groups -OCH3 is 1. The number of ether oxygens (including phenoxy) is 2. The number of fused-ring (bicyclic) bond motifs is 2. The molecule has 2 aromatic heterocycles. The molecule has 0 spiro atoms. The first-order valence-corrected chi connectivity index (χ1v) is 12.1. The van der Waals surface area contributed by atoms with Gasteiger partial charge in [0.25, 0.3) is 0 Å². The van der Waals surface area contributed by atoms with E-state index >= 15 is 0 Å². The first-order valence-electron chi connectivity index (χ1n) is 12.1. The third-order valence-corrected chi connectivity index (χ3v) is 6.47. The molecule has 2 aromatic carbocycles. The molecule has 0 unspecified atom stereocenters. The molecule has 10 heteroatoms. The van der Waals surface area contributed by atoms with E-state index < -0.39 is 11.6 Å². The fourth-order valence-corrected chi connectivity index (χ4v) is 4.81. The molecule has 3 heterocycles. The lowest BCUT2D eigenvalue weighted by Gasteiger charge is -2.20. The van der Waals surface area contributed by atoms with Gasteiger partial charge in [0.15, 0.2) is 5.82 Å². The normalized spacial score (nSPS) is 13.8. The van der Waals surface area contributed by atoms with Gasteiger partial charge in [-0.25, -0.2) is 19.2 Å². The Hall–Kier alpha value is -4.31. The van der Waals surface area contributed by atoms with Crippen LogP contribution in [0.15, 0.2) is 45.7 Å². The van der Waals surface area contributed by atoms with E-state index in [4.69, 9.17) is 14.0 Å². The number of aryl methyl sites for hydroxylation is 1. The van der Waals surface area contributed by atoms with E-state index in [1.807, 2.05) is 45.0 Å². The molecule has 0 bridgehead atoms. The Labute approximate surface area is 218 Å². The first-order chi connectivity index (χ1) is 18.2. The zero-order valence-electron chi connectivity index (χ0n) is 21.9. The zero-order chi connectivity index (χ0) is 27.0. The van der Waals surface area contributed by atoms with Crippen molar-refractivity contribution in [3.8, 4) is 5.75 Å². The Kier molecular flexibility index (Phi) is 6.81. The number of hydrogen-bond donors (Lipinski definition) is 1. The maximum absolute atomic E-state index is 14.2. The highest BCUT2D eigenvalue weighted by Crippen LogP contribution is 2.41. The summed E-state index contributed by atoms with van der Waals surface area (Å²) in [6.45, 7) is 4.32. The van der Waals surface area contributed by atoms with Crippen LogP contribution in [0.5, 0.6) is 5.75 Å². The number of rotatable bonds is 6. The van der Waals surface area contributed by atoms with Gasteiger partial charge in [0.1, 0.15) is 29.8 Å². The summed E-state index contributed by atoms with van der Waals surface area (Å²) in [5.41, 5.74) is 6.80. The molecule has 0 atom stereocenters. The largest absolute Gasteiger partial charge is 0.488 e. The van der Waals surface area contributed by atoms with Crippen LogP contribution >= 0.6 is 0 Å². The summed E-state index contributed by atoms with van der Waals surface area (Å²) in [6.07, 6.45) is 0.579. The number of hydrogen-bond acceptors (Lipinski definition) is 8. The van der Waals surface area contributed by atoms with Crippen LogP contribution in [-0.2, 0) is 24.4 Å². The second-order valence-electron chi connectivity index (χ2n) is 9.39. The van der Waals surface area contributed by atoms with Crippen LogP contribution in [0, 0.1) is 12.7 Å². The number of anilines is 1. The fraction of sp³-hybridized carbons (Fsp3) is 0.286. The average Bonchev–Trinajstić information content (AvgIpc) is 3.25. The molecule has 0 saturated carbocycles. The number of benzene rings is 2. The minimum Gasteiger partial charge on any atom is -0.488 e. The van der Waals surface area contributed by atoms with Crippen molar-refractivity contribution in [1.82, 2.24) is 20.1 Å². The minimum atomic E-state index is -0.649. The number of allylic oxidation sites excluding steroid dienone is 1. The molecule has 0 saturated heterocycles. The van der Waals surface area contributed by atoms with Gasteiger partial charge in [0.2, 0.25) is 0 Å². The standard InChI is InChI=1S/C28H28FN5O4/c1-15(26-32-28(35)38-33-26)25-20-8-6-17(10-18(20)13-37-24-12-19(29)7-9-21(24)25)11-22-23(14-36-5)30-16(2)31-27(22)34(3)4/h6-10,12H,11,13-14H2,1-5H3,(H,32,33,35)/b25-15-. The van der Waals surface area contributed by atoms with Gasteiger partial charge in [-0.15, -0.1) is 0 Å². The molecule has 196 valence electrons. The maximum atomic E-state index is 14.2. The van der Waals surface area contributed by atoms with Crippen molar-refractivity contribution in [3.63, 3.8) is 0 Å². The lowest BCUT2D eigenvalue weighted by atomic mass is 9.88. The van der Waals surface area contributed by atoms with E-state index in [0.29, 0.717) is 41.6 Å². The lowest BCUT2D eigenvalue weighted by Crippen LogP contribution is -2.17. The Bertz CT molecular complexity index is 1610. The van der Waals surface area contributed by atoms with Gasteiger partial charge in [-0.2, -0.15) is 0 Å². The summed E-state index contributed by atoms with van der Waals surface area (Å²) in [7, 11) is 5.56. The van der Waals surface area contributed by atoms with Crippen LogP contribution in [0.4, 0.5) is 10.2 Å². The average molecular weight is 518 g/mol. The summed E-state index contributed by atoms with van der Waals surface area (Å²) < 4.78 is 30.4. The van der Waals surface area contributed by atoms with Gasteiger partial charge in [0.05, 0.1) is 12.3 Å². The van der Waals surface area contributed by atoms with E-state index in [1.54, 1.807) is 13.2 Å². The Morgan fingerprint density at radius 2 is 1.95 bits per heavy atom. The van der Waals surface area contributed by atoms with Crippen LogP contribution in [0.2, 0.25) is 0 Å². The molecule has 1 aliphatic heterocycles. The van der Waals surface area contributed by atoms with E-state index in [0.717, 1.165) is 39.3 Å². The van der Waals surface area contributed by atoms with Gasteiger partial charge >= 0.3 is 5.76 Å². The number of aromatic nitrogens is 4. The van der Waals surface area contributed by atoms with Gasteiger partial charge in [-0.1, -0.05) is 23.4 Å². The van der Waals surface area contributed by atoms with Crippen LogP contribution in [0.3, 0.4) is 0 Å². The van der Waals surface area contributed by atoms with Gasteiger partial charge < -0.3 is 14.4 Å². The third kappa shape index (κ3) is 4.82. The van der Waals surface area contributed by atoms with E-state index in [2.05, 4.69) is 26.2 Å².